The largest absolute Gasteiger partial charge is 0.484 e. The minimum Gasteiger partial charge on any atom is -0.484 e. The molecule has 0 atom stereocenters. The summed E-state index contributed by atoms with van der Waals surface area (Å²) in [6.45, 7) is 1.53. The first-order valence-corrected chi connectivity index (χ1v) is 6.29. The molecular formula is C15H14N2O4. The van der Waals surface area contributed by atoms with E-state index in [2.05, 4.69) is 5.32 Å². The molecule has 108 valence electrons. The predicted molar refractivity (Wildman–Crippen MR) is 78.4 cm³/mol. The molecule has 0 aromatic heterocycles. The van der Waals surface area contributed by atoms with Crippen molar-refractivity contribution in [3.05, 3.63) is 64.2 Å². The predicted octanol–water partition coefficient (Wildman–Crippen LogP) is 2.92. The van der Waals surface area contributed by atoms with Crippen molar-refractivity contribution in [3.8, 4) is 5.75 Å². The molecule has 2 rings (SSSR count). The lowest BCUT2D eigenvalue weighted by molar-refractivity contribution is -0.384. The number of nitro benzene ring substituents is 1. The van der Waals surface area contributed by atoms with E-state index in [9.17, 15) is 14.9 Å². The molecule has 0 spiro atoms. The van der Waals surface area contributed by atoms with Crippen molar-refractivity contribution in [3.63, 3.8) is 0 Å². The number of benzene rings is 2. The van der Waals surface area contributed by atoms with E-state index in [0.29, 0.717) is 5.75 Å². The Morgan fingerprint density at radius 1 is 1.24 bits per heavy atom. The van der Waals surface area contributed by atoms with Gasteiger partial charge in [0.25, 0.3) is 11.6 Å². The Bertz CT molecular complexity index is 656. The molecule has 0 saturated carbocycles. The molecule has 21 heavy (non-hydrogen) atoms. The summed E-state index contributed by atoms with van der Waals surface area (Å²) in [6, 6.07) is 13.5. The van der Waals surface area contributed by atoms with Crippen LogP contribution in [0.25, 0.3) is 0 Å². The fourth-order valence-corrected chi connectivity index (χ4v) is 1.75. The Morgan fingerprint density at radius 3 is 2.62 bits per heavy atom. The number of nitrogens with one attached hydrogen (secondary N) is 1. The Balaban J connectivity index is 2.01. The molecule has 0 heterocycles. The summed E-state index contributed by atoms with van der Waals surface area (Å²) in [4.78, 5) is 22.2. The normalized spacial score (nSPS) is 9.95. The molecule has 1 N–H and O–H groups in total. The third-order valence-corrected chi connectivity index (χ3v) is 2.74. The van der Waals surface area contributed by atoms with Crippen LogP contribution in [0.15, 0.2) is 48.5 Å². The van der Waals surface area contributed by atoms with Crippen LogP contribution in [0, 0.1) is 17.0 Å². The number of rotatable bonds is 5. The van der Waals surface area contributed by atoms with Crippen molar-refractivity contribution < 1.29 is 14.5 Å². The maximum Gasteiger partial charge on any atom is 0.293 e. The van der Waals surface area contributed by atoms with Gasteiger partial charge in [0.05, 0.1) is 4.92 Å². The zero-order valence-electron chi connectivity index (χ0n) is 11.4. The molecule has 2 aromatic rings. The SMILES string of the molecule is Cc1ccc(NC(=O)COc2ccccc2)c([N+](=O)[O-])c1. The Hall–Kier alpha value is -2.89. The van der Waals surface area contributed by atoms with Crippen LogP contribution in [0.1, 0.15) is 5.56 Å². The highest BCUT2D eigenvalue weighted by atomic mass is 16.6. The fraction of sp³-hybridized carbons (Fsp3) is 0.133. The molecule has 0 radical (unpaired) electrons. The Labute approximate surface area is 121 Å². The van der Waals surface area contributed by atoms with Gasteiger partial charge in [0.15, 0.2) is 6.61 Å². The van der Waals surface area contributed by atoms with Gasteiger partial charge in [0, 0.05) is 6.07 Å². The molecule has 6 nitrogen and oxygen atoms in total. The third kappa shape index (κ3) is 4.04. The van der Waals surface area contributed by atoms with Gasteiger partial charge in [-0.2, -0.15) is 0 Å². The van der Waals surface area contributed by atoms with Crippen molar-refractivity contribution in [2.75, 3.05) is 11.9 Å². The number of carbonyl (C=O) groups is 1. The summed E-state index contributed by atoms with van der Waals surface area (Å²) in [6.07, 6.45) is 0. The summed E-state index contributed by atoms with van der Waals surface area (Å²) in [5.74, 6) is 0.108. The molecule has 1 amide bonds. The van der Waals surface area contributed by atoms with Gasteiger partial charge < -0.3 is 10.1 Å². The van der Waals surface area contributed by atoms with Crippen LogP contribution in [0.3, 0.4) is 0 Å². The number of aryl methyl sites for hydroxylation is 1. The van der Waals surface area contributed by atoms with Gasteiger partial charge in [-0.3, -0.25) is 14.9 Å². The standard InChI is InChI=1S/C15H14N2O4/c1-11-7-8-13(14(9-11)17(19)20)16-15(18)10-21-12-5-3-2-4-6-12/h2-9H,10H2,1H3,(H,16,18). The van der Waals surface area contributed by atoms with Crippen molar-refractivity contribution >= 4 is 17.3 Å². The van der Waals surface area contributed by atoms with Crippen molar-refractivity contribution in [2.45, 2.75) is 6.92 Å². The molecule has 0 bridgehead atoms. The van der Waals surface area contributed by atoms with Crippen molar-refractivity contribution in [1.82, 2.24) is 0 Å². The highest BCUT2D eigenvalue weighted by Crippen LogP contribution is 2.25. The number of hydrogen-bond acceptors (Lipinski definition) is 4. The van der Waals surface area contributed by atoms with E-state index in [1.165, 1.54) is 12.1 Å². The maximum atomic E-state index is 11.8. The summed E-state index contributed by atoms with van der Waals surface area (Å²) < 4.78 is 5.28. The van der Waals surface area contributed by atoms with Gasteiger partial charge in [0.2, 0.25) is 0 Å². The first-order valence-electron chi connectivity index (χ1n) is 6.29. The molecule has 0 saturated heterocycles. The average Bonchev–Trinajstić information content (AvgIpc) is 2.48. The lowest BCUT2D eigenvalue weighted by Gasteiger charge is -2.08. The summed E-state index contributed by atoms with van der Waals surface area (Å²) in [5, 5.41) is 13.4. The number of nitro groups is 1. The van der Waals surface area contributed by atoms with E-state index in [4.69, 9.17) is 4.74 Å². The van der Waals surface area contributed by atoms with E-state index in [1.807, 2.05) is 6.07 Å². The number of anilines is 1. The molecular weight excluding hydrogens is 272 g/mol. The van der Waals surface area contributed by atoms with E-state index in [-0.39, 0.29) is 18.0 Å². The molecule has 0 aliphatic rings. The van der Waals surface area contributed by atoms with E-state index >= 15 is 0 Å². The average molecular weight is 286 g/mol. The van der Waals surface area contributed by atoms with Crippen LogP contribution in [0.2, 0.25) is 0 Å². The van der Waals surface area contributed by atoms with Gasteiger partial charge in [-0.05, 0) is 30.7 Å². The maximum absolute atomic E-state index is 11.8. The lowest BCUT2D eigenvalue weighted by atomic mass is 10.2. The second-order valence-corrected chi connectivity index (χ2v) is 4.43. The quantitative estimate of drug-likeness (QED) is 0.676. The minimum atomic E-state index is -0.527. The highest BCUT2D eigenvalue weighted by molar-refractivity contribution is 5.94. The Morgan fingerprint density at radius 2 is 1.95 bits per heavy atom. The fourth-order valence-electron chi connectivity index (χ4n) is 1.75. The number of carbonyl (C=O) groups excluding carboxylic acids is 1. The van der Waals surface area contributed by atoms with Crippen LogP contribution < -0.4 is 10.1 Å². The van der Waals surface area contributed by atoms with Crippen LogP contribution in [-0.4, -0.2) is 17.4 Å². The van der Waals surface area contributed by atoms with Gasteiger partial charge in [0.1, 0.15) is 11.4 Å². The smallest absolute Gasteiger partial charge is 0.293 e. The van der Waals surface area contributed by atoms with Gasteiger partial charge in [-0.1, -0.05) is 24.3 Å². The summed E-state index contributed by atoms with van der Waals surface area (Å²) in [7, 11) is 0. The third-order valence-electron chi connectivity index (χ3n) is 2.74. The summed E-state index contributed by atoms with van der Waals surface area (Å²) in [5.41, 5.74) is 0.774. The number of nitrogens with zero attached hydrogens (tertiary/aromatic N) is 1. The second kappa shape index (κ2) is 6.51. The number of amides is 1. The van der Waals surface area contributed by atoms with E-state index < -0.39 is 10.8 Å². The monoisotopic (exact) mass is 286 g/mol. The molecule has 6 heteroatoms. The molecule has 0 aliphatic carbocycles. The first kappa shape index (κ1) is 14.5. The second-order valence-electron chi connectivity index (χ2n) is 4.43. The van der Waals surface area contributed by atoms with Crippen LogP contribution in [-0.2, 0) is 4.79 Å². The lowest BCUT2D eigenvalue weighted by Crippen LogP contribution is -2.20. The van der Waals surface area contributed by atoms with Crippen molar-refractivity contribution in [2.24, 2.45) is 0 Å². The first-order chi connectivity index (χ1) is 10.1. The van der Waals surface area contributed by atoms with Gasteiger partial charge in [-0.25, -0.2) is 0 Å². The summed E-state index contributed by atoms with van der Waals surface area (Å²) >= 11 is 0. The molecule has 0 fully saturated rings. The van der Waals surface area contributed by atoms with Crippen molar-refractivity contribution in [1.29, 1.82) is 0 Å². The number of para-hydroxylation sites is 1. The van der Waals surface area contributed by atoms with E-state index in [0.717, 1.165) is 5.56 Å². The Kier molecular flexibility index (Phi) is 4.50. The molecule has 0 aliphatic heterocycles. The van der Waals surface area contributed by atoms with Gasteiger partial charge in [-0.15, -0.1) is 0 Å². The van der Waals surface area contributed by atoms with Crippen LogP contribution >= 0.6 is 0 Å². The van der Waals surface area contributed by atoms with Gasteiger partial charge >= 0.3 is 0 Å². The topological polar surface area (TPSA) is 81.5 Å². The van der Waals surface area contributed by atoms with Crippen LogP contribution in [0.5, 0.6) is 5.75 Å². The number of ether oxygens (including phenoxy) is 1. The minimum absolute atomic E-state index is 0.136. The molecule has 2 aromatic carbocycles. The molecule has 0 unspecified atom stereocenters. The zero-order valence-corrected chi connectivity index (χ0v) is 11.4. The highest BCUT2D eigenvalue weighted by Gasteiger charge is 2.16. The van der Waals surface area contributed by atoms with E-state index in [1.54, 1.807) is 37.3 Å². The van der Waals surface area contributed by atoms with Crippen LogP contribution in [0.4, 0.5) is 11.4 Å². The zero-order chi connectivity index (χ0) is 15.2. The number of hydrogen-bond donors (Lipinski definition) is 1.